The van der Waals surface area contributed by atoms with Crippen molar-refractivity contribution in [1.29, 1.82) is 0 Å². The molecule has 0 unspecified atom stereocenters. The Morgan fingerprint density at radius 2 is 2.04 bits per heavy atom. The normalized spacial score (nSPS) is 10.5. The SMILES string of the molecule is COc1nn(C)cc1C(=O)NCc1ccc(-c2ccoc2)cc1. The van der Waals surface area contributed by atoms with Crippen molar-refractivity contribution in [3.8, 4) is 17.0 Å². The summed E-state index contributed by atoms with van der Waals surface area (Å²) in [5, 5.41) is 6.94. The molecule has 0 aliphatic rings. The van der Waals surface area contributed by atoms with E-state index in [9.17, 15) is 4.79 Å². The van der Waals surface area contributed by atoms with Gasteiger partial charge < -0.3 is 14.5 Å². The molecule has 0 bridgehead atoms. The van der Waals surface area contributed by atoms with Gasteiger partial charge in [-0.3, -0.25) is 9.48 Å². The lowest BCUT2D eigenvalue weighted by molar-refractivity contribution is 0.0948. The number of amides is 1. The Bertz CT molecular complexity index is 789. The Kier molecular flexibility index (Phi) is 4.14. The molecule has 0 fully saturated rings. The first-order valence-corrected chi connectivity index (χ1v) is 7.14. The molecule has 0 aliphatic heterocycles. The van der Waals surface area contributed by atoms with Crippen LogP contribution in [0.15, 0.2) is 53.5 Å². The number of benzene rings is 1. The molecule has 0 saturated heterocycles. The van der Waals surface area contributed by atoms with Crippen molar-refractivity contribution in [1.82, 2.24) is 15.1 Å². The Balaban J connectivity index is 1.65. The van der Waals surface area contributed by atoms with Crippen molar-refractivity contribution < 1.29 is 13.9 Å². The third-order valence-corrected chi connectivity index (χ3v) is 3.49. The maximum Gasteiger partial charge on any atom is 0.258 e. The van der Waals surface area contributed by atoms with Crippen molar-refractivity contribution in [3.63, 3.8) is 0 Å². The molecule has 2 aromatic heterocycles. The fourth-order valence-corrected chi connectivity index (χ4v) is 2.30. The van der Waals surface area contributed by atoms with Gasteiger partial charge in [-0.2, -0.15) is 0 Å². The number of carbonyl (C=O) groups excluding carboxylic acids is 1. The minimum Gasteiger partial charge on any atom is -0.479 e. The van der Waals surface area contributed by atoms with Gasteiger partial charge in [-0.25, -0.2) is 0 Å². The van der Waals surface area contributed by atoms with Crippen LogP contribution in [-0.2, 0) is 13.6 Å². The number of aryl methyl sites for hydroxylation is 1. The van der Waals surface area contributed by atoms with E-state index < -0.39 is 0 Å². The fraction of sp³-hybridized carbons (Fsp3) is 0.176. The maximum atomic E-state index is 12.2. The van der Waals surface area contributed by atoms with Crippen LogP contribution in [0.5, 0.6) is 5.88 Å². The lowest BCUT2D eigenvalue weighted by Gasteiger charge is -2.06. The number of ether oxygens (including phenoxy) is 1. The number of nitrogens with zero attached hydrogens (tertiary/aromatic N) is 2. The molecule has 0 atom stereocenters. The molecule has 6 heteroatoms. The molecule has 0 radical (unpaired) electrons. The molecule has 1 N–H and O–H groups in total. The topological polar surface area (TPSA) is 69.3 Å². The fourth-order valence-electron chi connectivity index (χ4n) is 2.30. The molecule has 0 saturated carbocycles. The summed E-state index contributed by atoms with van der Waals surface area (Å²) in [5.74, 6) is 0.106. The molecular formula is C17H17N3O3. The smallest absolute Gasteiger partial charge is 0.258 e. The third-order valence-electron chi connectivity index (χ3n) is 3.49. The molecule has 0 aliphatic carbocycles. The standard InChI is InChI=1S/C17H17N3O3/c1-20-10-15(17(19-20)22-2)16(21)18-9-12-3-5-13(6-4-12)14-7-8-23-11-14/h3-8,10-11H,9H2,1-2H3,(H,18,21). The summed E-state index contributed by atoms with van der Waals surface area (Å²) < 4.78 is 11.7. The Hall–Kier alpha value is -3.02. The highest BCUT2D eigenvalue weighted by Crippen LogP contribution is 2.20. The second-order valence-electron chi connectivity index (χ2n) is 5.12. The lowest BCUT2D eigenvalue weighted by Crippen LogP contribution is -2.22. The summed E-state index contributed by atoms with van der Waals surface area (Å²) in [5.41, 5.74) is 3.53. The second kappa shape index (κ2) is 6.39. The van der Waals surface area contributed by atoms with Crippen molar-refractivity contribution in [2.75, 3.05) is 7.11 Å². The highest BCUT2D eigenvalue weighted by atomic mass is 16.5. The van der Waals surface area contributed by atoms with Crippen LogP contribution in [0.4, 0.5) is 0 Å². The number of hydrogen-bond donors (Lipinski definition) is 1. The van der Waals surface area contributed by atoms with Gasteiger partial charge in [0.15, 0.2) is 0 Å². The van der Waals surface area contributed by atoms with Crippen LogP contribution in [-0.4, -0.2) is 22.8 Å². The zero-order chi connectivity index (χ0) is 16.2. The number of carbonyl (C=O) groups is 1. The van der Waals surface area contributed by atoms with Crippen LogP contribution in [0.3, 0.4) is 0 Å². The van der Waals surface area contributed by atoms with Crippen LogP contribution >= 0.6 is 0 Å². The van der Waals surface area contributed by atoms with Gasteiger partial charge in [0.2, 0.25) is 5.88 Å². The van der Waals surface area contributed by atoms with Crippen molar-refractivity contribution in [2.24, 2.45) is 7.05 Å². The largest absolute Gasteiger partial charge is 0.479 e. The van der Waals surface area contributed by atoms with Crippen molar-refractivity contribution in [3.05, 3.63) is 60.2 Å². The maximum absolute atomic E-state index is 12.2. The third kappa shape index (κ3) is 3.26. The Morgan fingerprint density at radius 3 is 2.70 bits per heavy atom. The number of methoxy groups -OCH3 is 1. The Labute approximate surface area is 133 Å². The number of nitrogens with one attached hydrogen (secondary N) is 1. The number of aromatic nitrogens is 2. The molecule has 118 valence electrons. The lowest BCUT2D eigenvalue weighted by atomic mass is 10.1. The van der Waals surface area contributed by atoms with E-state index in [1.165, 1.54) is 7.11 Å². The highest BCUT2D eigenvalue weighted by molar-refractivity contribution is 5.96. The number of hydrogen-bond acceptors (Lipinski definition) is 4. The molecular weight excluding hydrogens is 294 g/mol. The molecule has 1 aromatic carbocycles. The van der Waals surface area contributed by atoms with E-state index >= 15 is 0 Å². The molecule has 3 rings (SSSR count). The molecule has 2 heterocycles. The van der Waals surface area contributed by atoms with E-state index in [2.05, 4.69) is 10.4 Å². The van der Waals surface area contributed by atoms with Gasteiger partial charge >= 0.3 is 0 Å². The number of furan rings is 1. The summed E-state index contributed by atoms with van der Waals surface area (Å²) in [6, 6.07) is 9.85. The van der Waals surface area contributed by atoms with Crippen molar-refractivity contribution in [2.45, 2.75) is 6.54 Å². The van der Waals surface area contributed by atoms with E-state index in [0.29, 0.717) is 18.0 Å². The zero-order valence-electron chi connectivity index (χ0n) is 12.9. The minimum absolute atomic E-state index is 0.214. The first-order chi connectivity index (χ1) is 11.2. The predicted octanol–water partition coefficient (Wildman–Crippen LogP) is 2.62. The zero-order valence-corrected chi connectivity index (χ0v) is 12.9. The average molecular weight is 311 g/mol. The van der Waals surface area contributed by atoms with Crippen LogP contribution < -0.4 is 10.1 Å². The molecule has 1 amide bonds. The first-order valence-electron chi connectivity index (χ1n) is 7.14. The van der Waals surface area contributed by atoms with E-state index in [0.717, 1.165) is 16.7 Å². The van der Waals surface area contributed by atoms with Gasteiger partial charge in [0.1, 0.15) is 5.56 Å². The van der Waals surface area contributed by atoms with Gasteiger partial charge in [-0.1, -0.05) is 24.3 Å². The van der Waals surface area contributed by atoms with E-state index in [1.54, 1.807) is 30.5 Å². The van der Waals surface area contributed by atoms with E-state index in [-0.39, 0.29) is 5.91 Å². The highest BCUT2D eigenvalue weighted by Gasteiger charge is 2.15. The summed E-state index contributed by atoms with van der Waals surface area (Å²) in [7, 11) is 3.24. The average Bonchev–Trinajstić information content (AvgIpc) is 3.22. The Morgan fingerprint density at radius 1 is 1.26 bits per heavy atom. The monoisotopic (exact) mass is 311 g/mol. The molecule has 3 aromatic rings. The van der Waals surface area contributed by atoms with Crippen LogP contribution in [0.25, 0.3) is 11.1 Å². The molecule has 6 nitrogen and oxygen atoms in total. The quantitative estimate of drug-likeness (QED) is 0.786. The van der Waals surface area contributed by atoms with Gasteiger partial charge in [0, 0.05) is 25.4 Å². The first kappa shape index (κ1) is 14.9. The summed E-state index contributed by atoms with van der Waals surface area (Å²) in [6.07, 6.45) is 4.98. The van der Waals surface area contributed by atoms with Crippen LogP contribution in [0.2, 0.25) is 0 Å². The van der Waals surface area contributed by atoms with Gasteiger partial charge in [-0.15, -0.1) is 5.10 Å². The number of rotatable bonds is 5. The minimum atomic E-state index is -0.214. The van der Waals surface area contributed by atoms with Crippen LogP contribution in [0, 0.1) is 0 Å². The van der Waals surface area contributed by atoms with Gasteiger partial charge in [0.05, 0.1) is 19.6 Å². The summed E-state index contributed by atoms with van der Waals surface area (Å²) in [6.45, 7) is 0.433. The summed E-state index contributed by atoms with van der Waals surface area (Å²) >= 11 is 0. The van der Waals surface area contributed by atoms with E-state index in [4.69, 9.17) is 9.15 Å². The predicted molar refractivity (Wildman–Crippen MR) is 85.1 cm³/mol. The second-order valence-corrected chi connectivity index (χ2v) is 5.12. The van der Waals surface area contributed by atoms with Crippen LogP contribution in [0.1, 0.15) is 15.9 Å². The van der Waals surface area contributed by atoms with E-state index in [1.807, 2.05) is 30.3 Å². The molecule has 23 heavy (non-hydrogen) atoms. The van der Waals surface area contributed by atoms with Gasteiger partial charge in [-0.05, 0) is 17.2 Å². The summed E-state index contributed by atoms with van der Waals surface area (Å²) in [4.78, 5) is 12.2. The van der Waals surface area contributed by atoms with Crippen molar-refractivity contribution >= 4 is 5.91 Å². The van der Waals surface area contributed by atoms with Gasteiger partial charge in [0.25, 0.3) is 5.91 Å². The molecule has 0 spiro atoms.